The van der Waals surface area contributed by atoms with Gasteiger partial charge in [-0.2, -0.15) is 0 Å². The molecule has 0 radical (unpaired) electrons. The maximum atomic E-state index is 12.2. The topological polar surface area (TPSA) is 66.4 Å². The number of carbonyl (C=O) groups is 2. The van der Waals surface area contributed by atoms with Gasteiger partial charge in [0.25, 0.3) is 0 Å². The van der Waals surface area contributed by atoms with Crippen LogP contribution in [0.5, 0.6) is 0 Å². The van der Waals surface area contributed by atoms with E-state index in [0.717, 1.165) is 11.8 Å². The molecule has 112 valence electrons. The number of amides is 1. The van der Waals surface area contributed by atoms with Gasteiger partial charge in [0.1, 0.15) is 0 Å². The molecule has 0 aliphatic heterocycles. The van der Waals surface area contributed by atoms with E-state index in [-0.39, 0.29) is 11.5 Å². The van der Waals surface area contributed by atoms with E-state index in [9.17, 15) is 9.59 Å². The van der Waals surface area contributed by atoms with E-state index in [2.05, 4.69) is 21.2 Å². The summed E-state index contributed by atoms with van der Waals surface area (Å²) < 4.78 is 0.703. The summed E-state index contributed by atoms with van der Waals surface area (Å²) in [7, 11) is 0. The molecule has 0 saturated heterocycles. The van der Waals surface area contributed by atoms with Gasteiger partial charge in [0.2, 0.25) is 5.91 Å². The van der Waals surface area contributed by atoms with Crippen molar-refractivity contribution >= 4 is 33.5 Å². The molecule has 2 fully saturated rings. The number of hydrogen-bond acceptors (Lipinski definition) is 2. The lowest BCUT2D eigenvalue weighted by Crippen LogP contribution is -2.20. The van der Waals surface area contributed by atoms with Crippen molar-refractivity contribution in [1.29, 1.82) is 0 Å². The number of aromatic carboxylic acids is 1. The number of carbonyl (C=O) groups excluding carboxylic acids is 1. The van der Waals surface area contributed by atoms with Crippen molar-refractivity contribution in [1.82, 2.24) is 0 Å². The van der Waals surface area contributed by atoms with Crippen LogP contribution in [-0.4, -0.2) is 17.0 Å². The van der Waals surface area contributed by atoms with Crippen molar-refractivity contribution in [2.75, 3.05) is 5.32 Å². The number of carboxylic acids is 1. The SMILES string of the molecule is O=C(CC1CC2CCC1C2)Nc1cc(C(=O)O)ccc1Br. The predicted octanol–water partition coefficient (Wildman–Crippen LogP) is 3.91. The van der Waals surface area contributed by atoms with E-state index in [1.165, 1.54) is 37.8 Å². The Bertz CT molecular complexity index is 587. The Hall–Kier alpha value is -1.36. The van der Waals surface area contributed by atoms with Crippen LogP contribution >= 0.6 is 15.9 Å². The summed E-state index contributed by atoms with van der Waals surface area (Å²) >= 11 is 3.35. The fraction of sp³-hybridized carbons (Fsp3) is 0.500. The molecule has 4 nitrogen and oxygen atoms in total. The maximum absolute atomic E-state index is 12.2. The van der Waals surface area contributed by atoms with Crippen LogP contribution in [-0.2, 0) is 4.79 Å². The number of hydrogen-bond donors (Lipinski definition) is 2. The van der Waals surface area contributed by atoms with Crippen LogP contribution < -0.4 is 5.32 Å². The molecule has 5 heteroatoms. The van der Waals surface area contributed by atoms with Crippen molar-refractivity contribution in [3.63, 3.8) is 0 Å². The van der Waals surface area contributed by atoms with E-state index in [1.807, 2.05) is 0 Å². The van der Waals surface area contributed by atoms with Crippen LogP contribution in [0.4, 0.5) is 5.69 Å². The Morgan fingerprint density at radius 3 is 2.71 bits per heavy atom. The van der Waals surface area contributed by atoms with Crippen LogP contribution in [0.3, 0.4) is 0 Å². The van der Waals surface area contributed by atoms with E-state index >= 15 is 0 Å². The number of fused-ring (bicyclic) bond motifs is 2. The Balaban J connectivity index is 1.64. The highest BCUT2D eigenvalue weighted by atomic mass is 79.9. The Morgan fingerprint density at radius 1 is 1.29 bits per heavy atom. The van der Waals surface area contributed by atoms with Crippen LogP contribution in [0.1, 0.15) is 42.5 Å². The lowest BCUT2D eigenvalue weighted by atomic mass is 9.86. The van der Waals surface area contributed by atoms with Crippen LogP contribution in [0.15, 0.2) is 22.7 Å². The van der Waals surface area contributed by atoms with Gasteiger partial charge in [0, 0.05) is 10.9 Å². The highest BCUT2D eigenvalue weighted by Gasteiger charge is 2.40. The second-order valence-corrected chi connectivity index (χ2v) is 7.04. The van der Waals surface area contributed by atoms with Gasteiger partial charge in [0.05, 0.1) is 11.3 Å². The van der Waals surface area contributed by atoms with Crippen LogP contribution in [0.2, 0.25) is 0 Å². The quantitative estimate of drug-likeness (QED) is 0.863. The lowest BCUT2D eigenvalue weighted by Gasteiger charge is -2.21. The molecule has 0 aromatic heterocycles. The molecule has 0 spiro atoms. The third-order valence-corrected chi connectivity index (χ3v) is 5.51. The fourth-order valence-electron chi connectivity index (χ4n) is 3.82. The van der Waals surface area contributed by atoms with Crippen molar-refractivity contribution in [2.24, 2.45) is 17.8 Å². The molecule has 1 aromatic carbocycles. The van der Waals surface area contributed by atoms with Crippen LogP contribution in [0.25, 0.3) is 0 Å². The monoisotopic (exact) mass is 351 g/mol. The van der Waals surface area contributed by atoms with Gasteiger partial charge < -0.3 is 10.4 Å². The van der Waals surface area contributed by atoms with Gasteiger partial charge in [-0.05, 0) is 71.1 Å². The molecule has 3 rings (SSSR count). The minimum Gasteiger partial charge on any atom is -0.478 e. The first-order valence-corrected chi connectivity index (χ1v) is 8.15. The minimum absolute atomic E-state index is 0.0178. The predicted molar refractivity (Wildman–Crippen MR) is 83.3 cm³/mol. The fourth-order valence-corrected chi connectivity index (χ4v) is 4.17. The molecular weight excluding hydrogens is 334 g/mol. The minimum atomic E-state index is -0.994. The third-order valence-electron chi connectivity index (χ3n) is 4.82. The second kappa shape index (κ2) is 5.79. The zero-order chi connectivity index (χ0) is 15.0. The van der Waals surface area contributed by atoms with E-state index < -0.39 is 5.97 Å². The zero-order valence-corrected chi connectivity index (χ0v) is 13.2. The molecule has 0 heterocycles. The standard InChI is InChI=1S/C16H18BrNO3/c17-13-4-3-11(16(20)21)7-14(13)18-15(19)8-12-6-9-1-2-10(12)5-9/h3-4,7,9-10,12H,1-2,5-6,8H2,(H,18,19)(H,20,21). The molecule has 1 aromatic rings. The van der Waals surface area contributed by atoms with Gasteiger partial charge >= 0.3 is 5.97 Å². The first-order chi connectivity index (χ1) is 10.0. The molecule has 21 heavy (non-hydrogen) atoms. The average molecular weight is 352 g/mol. The number of halogens is 1. The van der Waals surface area contributed by atoms with Gasteiger partial charge in [-0.1, -0.05) is 6.42 Å². The molecular formula is C16H18BrNO3. The summed E-state index contributed by atoms with van der Waals surface area (Å²) in [6.45, 7) is 0. The highest BCUT2D eigenvalue weighted by Crippen LogP contribution is 2.49. The first-order valence-electron chi connectivity index (χ1n) is 7.35. The summed E-state index contributed by atoms with van der Waals surface area (Å²) in [6.07, 6.45) is 5.60. The Morgan fingerprint density at radius 2 is 2.10 bits per heavy atom. The number of nitrogens with one attached hydrogen (secondary N) is 1. The zero-order valence-electron chi connectivity index (χ0n) is 11.6. The molecule has 2 aliphatic rings. The molecule has 2 bridgehead atoms. The van der Waals surface area contributed by atoms with Gasteiger partial charge in [-0.15, -0.1) is 0 Å². The summed E-state index contributed by atoms with van der Waals surface area (Å²) in [5.74, 6) is 1.04. The van der Waals surface area contributed by atoms with Crippen molar-refractivity contribution in [2.45, 2.75) is 32.1 Å². The summed E-state index contributed by atoms with van der Waals surface area (Å²) in [4.78, 5) is 23.2. The van der Waals surface area contributed by atoms with E-state index in [0.29, 0.717) is 22.5 Å². The smallest absolute Gasteiger partial charge is 0.335 e. The first kappa shape index (κ1) is 14.6. The molecule has 2 saturated carbocycles. The van der Waals surface area contributed by atoms with E-state index in [4.69, 9.17) is 5.11 Å². The largest absolute Gasteiger partial charge is 0.478 e. The van der Waals surface area contributed by atoms with Crippen molar-refractivity contribution in [3.05, 3.63) is 28.2 Å². The van der Waals surface area contributed by atoms with Crippen molar-refractivity contribution < 1.29 is 14.7 Å². The number of rotatable bonds is 4. The number of carboxylic acid groups (broad SMARTS) is 1. The summed E-state index contributed by atoms with van der Waals surface area (Å²) in [5, 5.41) is 11.9. The highest BCUT2D eigenvalue weighted by molar-refractivity contribution is 9.10. The van der Waals surface area contributed by atoms with Gasteiger partial charge in [-0.3, -0.25) is 4.79 Å². The Labute approximate surface area is 132 Å². The second-order valence-electron chi connectivity index (χ2n) is 6.19. The maximum Gasteiger partial charge on any atom is 0.335 e. The average Bonchev–Trinajstić information content (AvgIpc) is 3.03. The molecule has 2 N–H and O–H groups in total. The van der Waals surface area contributed by atoms with Gasteiger partial charge in [-0.25, -0.2) is 4.79 Å². The molecule has 3 unspecified atom stereocenters. The third kappa shape index (κ3) is 3.12. The summed E-state index contributed by atoms with van der Waals surface area (Å²) in [5.41, 5.74) is 0.705. The van der Waals surface area contributed by atoms with E-state index in [1.54, 1.807) is 6.07 Å². The van der Waals surface area contributed by atoms with Crippen molar-refractivity contribution in [3.8, 4) is 0 Å². The molecule has 1 amide bonds. The number of anilines is 1. The molecule has 2 aliphatic carbocycles. The Kier molecular flexibility index (Phi) is 4.02. The summed E-state index contributed by atoms with van der Waals surface area (Å²) in [6, 6.07) is 4.65. The lowest BCUT2D eigenvalue weighted by molar-refractivity contribution is -0.117. The normalized spacial score (nSPS) is 26.8. The number of benzene rings is 1. The molecule has 3 atom stereocenters. The van der Waals surface area contributed by atoms with Crippen LogP contribution in [0, 0.1) is 17.8 Å². The van der Waals surface area contributed by atoms with Gasteiger partial charge in [0.15, 0.2) is 0 Å².